The topological polar surface area (TPSA) is 159 Å². The van der Waals surface area contributed by atoms with E-state index in [-0.39, 0.29) is 60.4 Å². The minimum absolute atomic E-state index is 0.0103. The highest BCUT2D eigenvalue weighted by molar-refractivity contribution is 7.10. The number of nitrogens with zero attached hydrogens (tertiary/aromatic N) is 3. The molecule has 0 radical (unpaired) electrons. The van der Waals surface area contributed by atoms with Crippen LogP contribution in [0.25, 0.3) is 0 Å². The number of fused-ring (bicyclic) bond motifs is 4. The molecule has 0 spiro atoms. The third kappa shape index (κ3) is 8.43. The van der Waals surface area contributed by atoms with E-state index < -0.39 is 12.1 Å². The Hall–Kier alpha value is -3.68. The number of aromatic nitrogens is 2. The van der Waals surface area contributed by atoms with Crippen molar-refractivity contribution in [3.63, 3.8) is 0 Å². The summed E-state index contributed by atoms with van der Waals surface area (Å²) in [6, 6.07) is 8.79. The lowest BCUT2D eigenvalue weighted by Crippen LogP contribution is -2.43. The molecule has 2 atom stereocenters. The van der Waals surface area contributed by atoms with E-state index in [1.807, 2.05) is 44.2 Å². The van der Waals surface area contributed by atoms with Crippen molar-refractivity contribution < 1.29 is 19.2 Å². The molecule has 42 heavy (non-hydrogen) atoms. The van der Waals surface area contributed by atoms with Gasteiger partial charge in [-0.3, -0.25) is 19.2 Å². The molecule has 4 rings (SSSR count). The van der Waals surface area contributed by atoms with Crippen LogP contribution in [0.1, 0.15) is 81.7 Å². The van der Waals surface area contributed by atoms with Gasteiger partial charge in [0.2, 0.25) is 11.8 Å². The lowest BCUT2D eigenvalue weighted by Gasteiger charge is -2.24. The molecular formula is C29H37N7O4S2. The molecule has 3 aromatic rings. The smallest absolute Gasteiger partial charge is 0.271 e. The summed E-state index contributed by atoms with van der Waals surface area (Å²) in [7, 11) is 0. The third-order valence-corrected chi connectivity index (χ3v) is 8.70. The molecule has 11 nitrogen and oxygen atoms in total. The molecule has 1 aromatic carbocycles. The molecule has 224 valence electrons. The van der Waals surface area contributed by atoms with Gasteiger partial charge in [-0.15, -0.1) is 22.7 Å². The van der Waals surface area contributed by atoms with Crippen molar-refractivity contribution >= 4 is 46.3 Å². The van der Waals surface area contributed by atoms with Crippen LogP contribution in [-0.4, -0.2) is 64.7 Å². The van der Waals surface area contributed by atoms with Crippen LogP contribution in [0.3, 0.4) is 0 Å². The summed E-state index contributed by atoms with van der Waals surface area (Å²) in [5.74, 6) is -1.21. The lowest BCUT2D eigenvalue weighted by atomic mass is 10.0. The normalized spacial score (nSPS) is 18.9. The first-order chi connectivity index (χ1) is 20.2. The zero-order valence-electron chi connectivity index (χ0n) is 23.8. The molecule has 0 unspecified atom stereocenters. The molecular weight excluding hydrogens is 574 g/mol. The van der Waals surface area contributed by atoms with Gasteiger partial charge < -0.3 is 26.6 Å². The fourth-order valence-corrected chi connectivity index (χ4v) is 6.41. The predicted molar refractivity (Wildman–Crippen MR) is 162 cm³/mol. The highest BCUT2D eigenvalue weighted by Gasteiger charge is 2.27. The van der Waals surface area contributed by atoms with Crippen molar-refractivity contribution in [1.29, 1.82) is 0 Å². The van der Waals surface area contributed by atoms with Crippen LogP contribution in [0.4, 0.5) is 0 Å². The molecule has 0 aliphatic carbocycles. The zero-order chi connectivity index (χ0) is 30.1. The standard InChI is InChI=1S/C29H37N7O4S2/c1-18(2)25-29-34-21(16-42-29)26(39)31-12-7-13-36(24(38)10-6-11-30)15-23(37)32-20(14-19-8-4-3-5-9-19)28-33-22(17-41-28)27(40)35-25/h3-5,8-9,16-18,20,25H,6-7,10-15,30H2,1-2H3,(H,31,39)(H,32,37)(H,35,40)/t20-,25-/m0/s1. The summed E-state index contributed by atoms with van der Waals surface area (Å²) < 4.78 is 0. The Kier molecular flexibility index (Phi) is 11.2. The zero-order valence-corrected chi connectivity index (χ0v) is 25.4. The Labute approximate surface area is 253 Å². The first-order valence-corrected chi connectivity index (χ1v) is 15.8. The second kappa shape index (κ2) is 15.0. The third-order valence-electron chi connectivity index (χ3n) is 6.82. The predicted octanol–water partition coefficient (Wildman–Crippen LogP) is 2.83. The SMILES string of the molecule is CC(C)[C@@H]1NC(=O)c2csc(n2)[C@H](Cc2ccccc2)NC(=O)CN(C(=O)CCCN)CCCNC(=O)c2csc1n2. The molecule has 1 aliphatic heterocycles. The van der Waals surface area contributed by atoms with Gasteiger partial charge in [0.1, 0.15) is 21.4 Å². The van der Waals surface area contributed by atoms with Crippen molar-refractivity contribution in [3.05, 3.63) is 68.1 Å². The number of hydrogen-bond donors (Lipinski definition) is 4. The molecule has 4 bridgehead atoms. The van der Waals surface area contributed by atoms with E-state index in [1.54, 1.807) is 10.8 Å². The van der Waals surface area contributed by atoms with Crippen LogP contribution < -0.4 is 21.7 Å². The Balaban J connectivity index is 1.65. The molecule has 4 amide bonds. The van der Waals surface area contributed by atoms with Gasteiger partial charge in [-0.2, -0.15) is 0 Å². The number of carbonyl (C=O) groups excluding carboxylic acids is 4. The molecule has 0 fully saturated rings. The van der Waals surface area contributed by atoms with E-state index in [0.29, 0.717) is 42.4 Å². The number of rotatable bonds is 6. The fraction of sp³-hybridized carbons (Fsp3) is 0.448. The van der Waals surface area contributed by atoms with E-state index in [2.05, 4.69) is 25.9 Å². The van der Waals surface area contributed by atoms with Crippen molar-refractivity contribution in [2.24, 2.45) is 11.7 Å². The van der Waals surface area contributed by atoms with Gasteiger partial charge in [0.15, 0.2) is 0 Å². The summed E-state index contributed by atoms with van der Waals surface area (Å²) >= 11 is 2.61. The van der Waals surface area contributed by atoms with Gasteiger partial charge >= 0.3 is 0 Å². The Morgan fingerprint density at radius 2 is 1.71 bits per heavy atom. The average molecular weight is 612 g/mol. The maximum Gasteiger partial charge on any atom is 0.271 e. The summed E-state index contributed by atoms with van der Waals surface area (Å²) in [6.45, 7) is 4.76. The van der Waals surface area contributed by atoms with E-state index >= 15 is 0 Å². The van der Waals surface area contributed by atoms with Crippen LogP contribution in [0, 0.1) is 5.92 Å². The maximum atomic E-state index is 13.3. The van der Waals surface area contributed by atoms with Crippen LogP contribution >= 0.6 is 22.7 Å². The van der Waals surface area contributed by atoms with E-state index in [9.17, 15) is 19.2 Å². The highest BCUT2D eigenvalue weighted by Crippen LogP contribution is 2.27. The minimum atomic E-state index is -0.503. The molecule has 3 heterocycles. The Morgan fingerprint density at radius 1 is 1.02 bits per heavy atom. The van der Waals surface area contributed by atoms with E-state index in [4.69, 9.17) is 5.73 Å². The van der Waals surface area contributed by atoms with Gasteiger partial charge in [-0.05, 0) is 37.3 Å². The number of amides is 4. The lowest BCUT2D eigenvalue weighted by molar-refractivity contribution is -0.136. The maximum absolute atomic E-state index is 13.3. The Morgan fingerprint density at radius 3 is 2.43 bits per heavy atom. The quantitative estimate of drug-likeness (QED) is 0.334. The fourth-order valence-electron chi connectivity index (χ4n) is 4.54. The molecule has 0 saturated heterocycles. The van der Waals surface area contributed by atoms with Crippen molar-refractivity contribution in [2.45, 2.75) is 51.6 Å². The van der Waals surface area contributed by atoms with Crippen molar-refractivity contribution in [2.75, 3.05) is 26.2 Å². The minimum Gasteiger partial charge on any atom is -0.351 e. The second-order valence-corrected chi connectivity index (χ2v) is 12.2. The summed E-state index contributed by atoms with van der Waals surface area (Å²) in [4.78, 5) is 63.0. The second-order valence-electron chi connectivity index (χ2n) is 10.5. The molecule has 13 heteroatoms. The number of thiazole rings is 2. The van der Waals surface area contributed by atoms with Crippen molar-refractivity contribution in [1.82, 2.24) is 30.8 Å². The molecule has 0 saturated carbocycles. The van der Waals surface area contributed by atoms with Gasteiger partial charge in [0.05, 0.1) is 18.6 Å². The van der Waals surface area contributed by atoms with E-state index in [1.165, 1.54) is 27.6 Å². The first kappa shape index (κ1) is 31.3. The van der Waals surface area contributed by atoms with Crippen LogP contribution in [0.5, 0.6) is 0 Å². The number of nitrogens with two attached hydrogens (primary N) is 1. The Bertz CT molecular complexity index is 1370. The van der Waals surface area contributed by atoms with Gasteiger partial charge in [-0.1, -0.05) is 44.2 Å². The summed E-state index contributed by atoms with van der Waals surface area (Å²) in [5, 5.41) is 13.5. The number of carbonyl (C=O) groups is 4. The molecule has 2 aromatic heterocycles. The largest absolute Gasteiger partial charge is 0.351 e. The summed E-state index contributed by atoms with van der Waals surface area (Å²) in [5.41, 5.74) is 7.11. The molecule has 1 aliphatic rings. The highest BCUT2D eigenvalue weighted by atomic mass is 32.1. The van der Waals surface area contributed by atoms with Crippen LogP contribution in [0.15, 0.2) is 41.1 Å². The number of nitrogens with one attached hydrogen (secondary N) is 3. The van der Waals surface area contributed by atoms with Gasteiger partial charge in [0, 0.05) is 30.3 Å². The van der Waals surface area contributed by atoms with Gasteiger partial charge in [-0.25, -0.2) is 9.97 Å². The molecule has 5 N–H and O–H groups in total. The number of benzene rings is 1. The van der Waals surface area contributed by atoms with Crippen LogP contribution in [-0.2, 0) is 16.0 Å². The average Bonchev–Trinajstić information content (AvgIpc) is 3.66. The van der Waals surface area contributed by atoms with Crippen molar-refractivity contribution in [3.8, 4) is 0 Å². The van der Waals surface area contributed by atoms with Crippen LogP contribution in [0.2, 0.25) is 0 Å². The monoisotopic (exact) mass is 611 g/mol. The number of hydrogen-bond acceptors (Lipinski definition) is 9. The summed E-state index contributed by atoms with van der Waals surface area (Å²) in [6.07, 6.45) is 1.66. The first-order valence-electron chi connectivity index (χ1n) is 14.1. The van der Waals surface area contributed by atoms with E-state index in [0.717, 1.165) is 5.56 Å². The van der Waals surface area contributed by atoms with Gasteiger partial charge in [0.25, 0.3) is 11.8 Å².